The number of hydrogen-bond acceptors (Lipinski definition) is 2. The van der Waals surface area contributed by atoms with Gasteiger partial charge in [0, 0.05) is 10.1 Å². The summed E-state index contributed by atoms with van der Waals surface area (Å²) < 4.78 is 1.08. The first-order valence-corrected chi connectivity index (χ1v) is 7.59. The van der Waals surface area contributed by atoms with Crippen molar-refractivity contribution in [2.75, 3.05) is 18.0 Å². The fraction of sp³-hybridized carbons (Fsp3) is 0.462. The fourth-order valence-electron chi connectivity index (χ4n) is 2.13. The Morgan fingerprint density at radius 3 is 3.00 bits per heavy atom. The predicted molar refractivity (Wildman–Crippen MR) is 83.2 cm³/mol. The Morgan fingerprint density at radius 2 is 2.33 bits per heavy atom. The zero-order valence-electron chi connectivity index (χ0n) is 10.2. The lowest BCUT2D eigenvalue weighted by Gasteiger charge is -2.18. The Bertz CT molecular complexity index is 453. The van der Waals surface area contributed by atoms with E-state index in [1.54, 1.807) is 4.90 Å². The molecule has 1 saturated heterocycles. The van der Waals surface area contributed by atoms with Crippen LogP contribution < -0.4 is 10.2 Å². The molecule has 0 saturated carbocycles. The van der Waals surface area contributed by atoms with Crippen molar-refractivity contribution >= 4 is 45.8 Å². The van der Waals surface area contributed by atoms with Crippen LogP contribution in [0.3, 0.4) is 0 Å². The Kier molecular flexibility index (Phi) is 4.86. The number of carbonyl (C=O) groups is 1. The molecule has 1 N–H and O–H groups in total. The van der Waals surface area contributed by atoms with Crippen LogP contribution in [0.5, 0.6) is 0 Å². The fourth-order valence-corrected chi connectivity index (χ4v) is 3.09. The van der Waals surface area contributed by atoms with Crippen molar-refractivity contribution in [1.29, 1.82) is 0 Å². The SMILES string of the molecule is CCCNC1CCN(c2ccc(I)cc2Cl)C1=O. The molecule has 3 nitrogen and oxygen atoms in total. The Labute approximate surface area is 126 Å². The molecule has 0 bridgehead atoms. The predicted octanol–water partition coefficient (Wildman–Crippen LogP) is 3.05. The molecule has 18 heavy (non-hydrogen) atoms. The van der Waals surface area contributed by atoms with Crippen LogP contribution in [-0.2, 0) is 4.79 Å². The van der Waals surface area contributed by atoms with Gasteiger partial charge in [0.2, 0.25) is 5.91 Å². The first kappa shape index (κ1) is 14.1. The van der Waals surface area contributed by atoms with E-state index in [1.807, 2.05) is 18.2 Å². The van der Waals surface area contributed by atoms with Crippen LogP contribution in [0.4, 0.5) is 5.69 Å². The molecule has 0 aromatic heterocycles. The van der Waals surface area contributed by atoms with Crippen molar-refractivity contribution in [1.82, 2.24) is 5.32 Å². The maximum Gasteiger partial charge on any atom is 0.244 e. The number of nitrogens with zero attached hydrogens (tertiary/aromatic N) is 1. The summed E-state index contributed by atoms with van der Waals surface area (Å²) in [4.78, 5) is 14.0. The zero-order valence-corrected chi connectivity index (χ0v) is 13.2. The van der Waals surface area contributed by atoms with Gasteiger partial charge in [0.05, 0.1) is 16.8 Å². The average molecular weight is 379 g/mol. The van der Waals surface area contributed by atoms with Crippen molar-refractivity contribution in [2.24, 2.45) is 0 Å². The average Bonchev–Trinajstić information content (AvgIpc) is 2.68. The molecule has 1 aromatic rings. The van der Waals surface area contributed by atoms with E-state index in [2.05, 4.69) is 34.8 Å². The summed E-state index contributed by atoms with van der Waals surface area (Å²) in [6, 6.07) is 5.73. The maximum absolute atomic E-state index is 12.3. The second kappa shape index (κ2) is 6.21. The molecule has 1 aromatic carbocycles. The van der Waals surface area contributed by atoms with Gasteiger partial charge in [-0.25, -0.2) is 0 Å². The van der Waals surface area contributed by atoms with Crippen LogP contribution in [0.2, 0.25) is 5.02 Å². The molecule has 0 spiro atoms. The quantitative estimate of drug-likeness (QED) is 0.817. The van der Waals surface area contributed by atoms with E-state index < -0.39 is 0 Å². The normalized spacial score (nSPS) is 19.6. The van der Waals surface area contributed by atoms with Crippen LogP contribution in [0.25, 0.3) is 0 Å². The molecule has 0 aliphatic carbocycles. The van der Waals surface area contributed by atoms with Gasteiger partial charge in [0.25, 0.3) is 0 Å². The molecular formula is C13H16ClIN2O. The van der Waals surface area contributed by atoms with Crippen LogP contribution in [0, 0.1) is 3.57 Å². The standard InChI is InChI=1S/C13H16ClIN2O/c1-2-6-16-11-5-7-17(13(11)18)12-4-3-9(15)8-10(12)14/h3-4,8,11,16H,2,5-7H2,1H3. The minimum atomic E-state index is -0.0553. The van der Waals surface area contributed by atoms with E-state index >= 15 is 0 Å². The van der Waals surface area contributed by atoms with Crippen LogP contribution in [0.15, 0.2) is 18.2 Å². The maximum atomic E-state index is 12.3. The highest BCUT2D eigenvalue weighted by Gasteiger charge is 2.32. The highest BCUT2D eigenvalue weighted by Crippen LogP contribution is 2.30. The molecule has 2 rings (SSSR count). The van der Waals surface area contributed by atoms with Gasteiger partial charge in [-0.15, -0.1) is 0 Å². The van der Waals surface area contributed by atoms with Gasteiger partial charge in [0.15, 0.2) is 0 Å². The largest absolute Gasteiger partial charge is 0.310 e. The molecule has 0 radical (unpaired) electrons. The minimum absolute atomic E-state index is 0.0553. The molecule has 1 fully saturated rings. The number of rotatable bonds is 4. The number of halogens is 2. The first-order valence-electron chi connectivity index (χ1n) is 6.13. The second-order valence-corrected chi connectivity index (χ2v) is 6.03. The smallest absolute Gasteiger partial charge is 0.244 e. The van der Waals surface area contributed by atoms with Crippen molar-refractivity contribution in [3.63, 3.8) is 0 Å². The van der Waals surface area contributed by atoms with E-state index in [4.69, 9.17) is 11.6 Å². The monoisotopic (exact) mass is 378 g/mol. The van der Waals surface area contributed by atoms with E-state index in [1.165, 1.54) is 0 Å². The van der Waals surface area contributed by atoms with Crippen molar-refractivity contribution in [2.45, 2.75) is 25.8 Å². The Morgan fingerprint density at radius 1 is 1.56 bits per heavy atom. The number of hydrogen-bond donors (Lipinski definition) is 1. The van der Waals surface area contributed by atoms with Crippen LogP contribution in [-0.4, -0.2) is 25.0 Å². The van der Waals surface area contributed by atoms with E-state index in [0.717, 1.165) is 35.2 Å². The third-order valence-electron chi connectivity index (χ3n) is 3.05. The van der Waals surface area contributed by atoms with Crippen LogP contribution >= 0.6 is 34.2 Å². The summed E-state index contributed by atoms with van der Waals surface area (Å²) in [6.07, 6.45) is 1.88. The number of anilines is 1. The number of nitrogens with one attached hydrogen (secondary N) is 1. The molecular weight excluding hydrogens is 363 g/mol. The van der Waals surface area contributed by atoms with Gasteiger partial charge in [-0.05, 0) is 60.2 Å². The first-order chi connectivity index (χ1) is 8.63. The van der Waals surface area contributed by atoms with E-state index in [9.17, 15) is 4.79 Å². The molecule has 1 aliphatic rings. The van der Waals surface area contributed by atoms with Gasteiger partial charge in [-0.3, -0.25) is 4.79 Å². The molecule has 1 amide bonds. The zero-order chi connectivity index (χ0) is 13.1. The van der Waals surface area contributed by atoms with Crippen LogP contribution in [0.1, 0.15) is 19.8 Å². The molecule has 5 heteroatoms. The van der Waals surface area contributed by atoms with E-state index in [0.29, 0.717) is 5.02 Å². The van der Waals surface area contributed by atoms with Crippen molar-refractivity contribution in [3.05, 3.63) is 26.8 Å². The van der Waals surface area contributed by atoms with E-state index in [-0.39, 0.29) is 11.9 Å². The summed E-state index contributed by atoms with van der Waals surface area (Å²) >= 11 is 8.42. The van der Waals surface area contributed by atoms with Gasteiger partial charge in [0.1, 0.15) is 0 Å². The topological polar surface area (TPSA) is 32.3 Å². The molecule has 98 valence electrons. The highest BCUT2D eigenvalue weighted by molar-refractivity contribution is 14.1. The summed E-state index contributed by atoms with van der Waals surface area (Å²) in [7, 11) is 0. The number of carbonyl (C=O) groups excluding carboxylic acids is 1. The third kappa shape index (κ3) is 2.97. The van der Waals surface area contributed by atoms with Gasteiger partial charge in [-0.2, -0.15) is 0 Å². The second-order valence-electron chi connectivity index (χ2n) is 4.38. The van der Waals surface area contributed by atoms with Gasteiger partial charge < -0.3 is 10.2 Å². The van der Waals surface area contributed by atoms with Gasteiger partial charge in [-0.1, -0.05) is 18.5 Å². The summed E-state index contributed by atoms with van der Waals surface area (Å²) in [5.41, 5.74) is 0.822. The number of amides is 1. The minimum Gasteiger partial charge on any atom is -0.310 e. The van der Waals surface area contributed by atoms with Gasteiger partial charge >= 0.3 is 0 Å². The van der Waals surface area contributed by atoms with Crippen molar-refractivity contribution in [3.8, 4) is 0 Å². The lowest BCUT2D eigenvalue weighted by atomic mass is 10.2. The summed E-state index contributed by atoms with van der Waals surface area (Å²) in [5.74, 6) is 0.131. The van der Waals surface area contributed by atoms with Crippen molar-refractivity contribution < 1.29 is 4.79 Å². The Balaban J connectivity index is 2.13. The molecule has 1 unspecified atom stereocenters. The third-order valence-corrected chi connectivity index (χ3v) is 4.02. The molecule has 1 aliphatic heterocycles. The molecule has 1 atom stereocenters. The lowest BCUT2D eigenvalue weighted by molar-refractivity contribution is -0.118. The lowest BCUT2D eigenvalue weighted by Crippen LogP contribution is -2.38. The summed E-state index contributed by atoms with van der Waals surface area (Å²) in [5, 5.41) is 3.92. The molecule has 1 heterocycles. The Hall–Kier alpha value is -0.330. The highest BCUT2D eigenvalue weighted by atomic mass is 127. The number of benzene rings is 1. The summed E-state index contributed by atoms with van der Waals surface area (Å²) in [6.45, 7) is 3.71.